The zero-order valence-electron chi connectivity index (χ0n) is 17.5. The molecule has 5 rings (SSSR count). The van der Waals surface area contributed by atoms with Crippen LogP contribution in [0.2, 0.25) is 0 Å². The lowest BCUT2D eigenvalue weighted by molar-refractivity contribution is -0.118. The normalized spacial score (nSPS) is 15.7. The maximum Gasteiger partial charge on any atom is 0.216 e. The molecule has 3 aromatic heterocycles. The Hall–Kier alpha value is -3.23. The van der Waals surface area contributed by atoms with Gasteiger partial charge in [-0.1, -0.05) is 30.3 Å². The molecule has 1 aromatic carbocycles. The van der Waals surface area contributed by atoms with Crippen molar-refractivity contribution in [2.75, 3.05) is 11.6 Å². The molecule has 1 amide bonds. The average molecular weight is 463 g/mol. The summed E-state index contributed by atoms with van der Waals surface area (Å²) in [5.74, 6) is 0.886. The summed E-state index contributed by atoms with van der Waals surface area (Å²) in [4.78, 5) is 17.1. The number of benzene rings is 1. The zero-order chi connectivity index (χ0) is 21.9. The number of thiazole rings is 1. The summed E-state index contributed by atoms with van der Waals surface area (Å²) in [6, 6.07) is 16.4. The Labute approximate surface area is 194 Å². The number of nitrogens with one attached hydrogen (secondary N) is 1. The van der Waals surface area contributed by atoms with Gasteiger partial charge in [0.05, 0.1) is 22.5 Å². The summed E-state index contributed by atoms with van der Waals surface area (Å²) in [6.07, 6.45) is 3.30. The van der Waals surface area contributed by atoms with Gasteiger partial charge in [0.25, 0.3) is 0 Å². The van der Waals surface area contributed by atoms with Crippen LogP contribution in [0.25, 0.3) is 11.3 Å². The lowest BCUT2D eigenvalue weighted by Crippen LogP contribution is -2.22. The summed E-state index contributed by atoms with van der Waals surface area (Å²) in [5, 5.41) is 14.7. The third-order valence-electron chi connectivity index (χ3n) is 5.31. The van der Waals surface area contributed by atoms with Crippen molar-refractivity contribution in [3.05, 3.63) is 81.8 Å². The molecule has 0 unspecified atom stereocenters. The number of nitrogens with zero attached hydrogens (tertiary/aromatic N) is 3. The second-order valence-electron chi connectivity index (χ2n) is 7.55. The fraction of sp³-hybridized carbons (Fsp3) is 0.208. The Morgan fingerprint density at radius 2 is 2.06 bits per heavy atom. The van der Waals surface area contributed by atoms with E-state index in [2.05, 4.69) is 52.5 Å². The van der Waals surface area contributed by atoms with E-state index in [1.54, 1.807) is 28.9 Å². The van der Waals surface area contributed by atoms with E-state index < -0.39 is 0 Å². The van der Waals surface area contributed by atoms with Gasteiger partial charge in [-0.3, -0.25) is 4.79 Å². The van der Waals surface area contributed by atoms with Crippen LogP contribution in [0.1, 0.15) is 35.6 Å². The summed E-state index contributed by atoms with van der Waals surface area (Å²) in [6.45, 7) is 2.18. The summed E-state index contributed by atoms with van der Waals surface area (Å²) in [7, 11) is 0. The topological polar surface area (TPSA) is 70.7 Å². The van der Waals surface area contributed by atoms with Crippen molar-refractivity contribution >= 4 is 39.4 Å². The summed E-state index contributed by atoms with van der Waals surface area (Å²) >= 11 is 3.28. The molecule has 1 atom stereocenters. The van der Waals surface area contributed by atoms with Crippen molar-refractivity contribution in [3.8, 4) is 11.3 Å². The van der Waals surface area contributed by atoms with Crippen LogP contribution in [0.15, 0.2) is 75.1 Å². The lowest BCUT2D eigenvalue weighted by atomic mass is 10.1. The first-order valence-corrected chi connectivity index (χ1v) is 12.2. The van der Waals surface area contributed by atoms with Gasteiger partial charge in [-0.2, -0.15) is 5.10 Å². The second-order valence-corrected chi connectivity index (χ2v) is 9.33. The number of furan rings is 1. The van der Waals surface area contributed by atoms with Gasteiger partial charge in [0.15, 0.2) is 0 Å². The van der Waals surface area contributed by atoms with Crippen molar-refractivity contribution in [1.29, 1.82) is 0 Å². The van der Waals surface area contributed by atoms with E-state index in [0.29, 0.717) is 6.54 Å². The van der Waals surface area contributed by atoms with E-state index in [-0.39, 0.29) is 11.9 Å². The van der Waals surface area contributed by atoms with Crippen molar-refractivity contribution in [3.63, 3.8) is 0 Å². The maximum absolute atomic E-state index is 11.0. The van der Waals surface area contributed by atoms with Crippen molar-refractivity contribution < 1.29 is 9.21 Å². The highest BCUT2D eigenvalue weighted by Gasteiger charge is 2.33. The zero-order valence-corrected chi connectivity index (χ0v) is 19.2. The van der Waals surface area contributed by atoms with Crippen LogP contribution in [0.4, 0.5) is 5.13 Å². The Kier molecular flexibility index (Phi) is 5.87. The molecule has 0 fully saturated rings. The molecule has 0 bridgehead atoms. The number of carbonyl (C=O) groups excluding carboxylic acids is 1. The molecule has 4 heterocycles. The molecular formula is C24H22N4O2S2. The highest BCUT2D eigenvalue weighted by molar-refractivity contribution is 7.14. The summed E-state index contributed by atoms with van der Waals surface area (Å²) in [5.41, 5.74) is 4.23. The third kappa shape index (κ3) is 4.37. The fourth-order valence-corrected chi connectivity index (χ4v) is 5.26. The van der Waals surface area contributed by atoms with E-state index >= 15 is 0 Å². The minimum atomic E-state index is -0.00344. The molecule has 162 valence electrons. The van der Waals surface area contributed by atoms with Gasteiger partial charge in [0.2, 0.25) is 11.0 Å². The van der Waals surface area contributed by atoms with E-state index in [9.17, 15) is 4.79 Å². The number of hydrogen-bond donors (Lipinski definition) is 1. The quantitative estimate of drug-likeness (QED) is 0.394. The Morgan fingerprint density at radius 3 is 2.78 bits per heavy atom. The molecule has 6 nitrogen and oxygen atoms in total. The highest BCUT2D eigenvalue weighted by Crippen LogP contribution is 2.40. The average Bonchev–Trinajstić information content (AvgIpc) is 3.60. The van der Waals surface area contributed by atoms with E-state index in [1.807, 2.05) is 17.1 Å². The van der Waals surface area contributed by atoms with E-state index in [4.69, 9.17) is 14.5 Å². The van der Waals surface area contributed by atoms with Crippen molar-refractivity contribution in [1.82, 2.24) is 10.3 Å². The minimum absolute atomic E-state index is 0.00254. The van der Waals surface area contributed by atoms with Crippen LogP contribution in [0, 0.1) is 0 Å². The molecule has 0 saturated heterocycles. The van der Waals surface area contributed by atoms with Gasteiger partial charge < -0.3 is 9.73 Å². The first-order chi connectivity index (χ1) is 15.7. The number of hydrazone groups is 1. The summed E-state index contributed by atoms with van der Waals surface area (Å²) < 4.78 is 5.73. The second kappa shape index (κ2) is 9.10. The van der Waals surface area contributed by atoms with Gasteiger partial charge in [0.1, 0.15) is 11.8 Å². The molecule has 4 aromatic rings. The van der Waals surface area contributed by atoms with Crippen LogP contribution in [0.3, 0.4) is 0 Å². The van der Waals surface area contributed by atoms with Crippen LogP contribution >= 0.6 is 22.7 Å². The molecule has 0 saturated carbocycles. The molecule has 8 heteroatoms. The molecule has 1 N–H and O–H groups in total. The minimum Gasteiger partial charge on any atom is -0.467 e. The smallest absolute Gasteiger partial charge is 0.216 e. The first kappa shape index (κ1) is 20.7. The molecular weight excluding hydrogens is 440 g/mol. The maximum atomic E-state index is 11.0. The number of anilines is 1. The van der Waals surface area contributed by atoms with Crippen LogP contribution in [-0.4, -0.2) is 23.1 Å². The fourth-order valence-electron chi connectivity index (χ4n) is 3.71. The molecule has 1 aliphatic rings. The van der Waals surface area contributed by atoms with Crippen LogP contribution < -0.4 is 10.3 Å². The number of aromatic nitrogens is 1. The molecule has 1 aliphatic heterocycles. The number of hydrogen-bond acceptors (Lipinski definition) is 7. The van der Waals surface area contributed by atoms with Gasteiger partial charge in [0, 0.05) is 30.8 Å². The first-order valence-electron chi connectivity index (χ1n) is 10.4. The van der Waals surface area contributed by atoms with Gasteiger partial charge in [-0.05, 0) is 35.6 Å². The van der Waals surface area contributed by atoms with Gasteiger partial charge in [-0.25, -0.2) is 9.99 Å². The number of amides is 1. The Balaban J connectivity index is 1.37. The van der Waals surface area contributed by atoms with Gasteiger partial charge in [-0.15, -0.1) is 22.7 Å². The van der Waals surface area contributed by atoms with E-state index in [1.165, 1.54) is 17.4 Å². The van der Waals surface area contributed by atoms with Crippen LogP contribution in [0.5, 0.6) is 0 Å². The molecule has 0 radical (unpaired) electrons. The SMILES string of the molecule is CC(=O)NCCc1ccc(-c2csc(N3N=C(c4cccs4)C[C@@H]3c3ccco3)n2)cc1. The van der Waals surface area contributed by atoms with E-state index in [0.717, 1.165) is 40.7 Å². The standard InChI is InChI=1S/C24H22N4O2S2/c1-16(29)25-11-10-17-6-8-18(9-7-17)20-15-32-24(26-20)28-21(22-4-2-12-30-22)14-19(27-28)23-5-3-13-31-23/h2-9,12-13,15,21H,10-11,14H2,1H3,(H,25,29)/t21-/m1/s1. The Bertz CT molecular complexity index is 1210. The van der Waals surface area contributed by atoms with Gasteiger partial charge >= 0.3 is 0 Å². The molecule has 32 heavy (non-hydrogen) atoms. The largest absolute Gasteiger partial charge is 0.467 e. The number of carbonyl (C=O) groups is 1. The molecule has 0 aliphatic carbocycles. The van der Waals surface area contributed by atoms with Crippen molar-refractivity contribution in [2.45, 2.75) is 25.8 Å². The van der Waals surface area contributed by atoms with Crippen molar-refractivity contribution in [2.24, 2.45) is 5.10 Å². The number of rotatable bonds is 7. The molecule has 0 spiro atoms. The third-order valence-corrected chi connectivity index (χ3v) is 7.06. The highest BCUT2D eigenvalue weighted by atomic mass is 32.1. The van der Waals surface area contributed by atoms with Crippen LogP contribution in [-0.2, 0) is 11.2 Å². The lowest BCUT2D eigenvalue weighted by Gasteiger charge is -2.18. The Morgan fingerprint density at radius 1 is 1.19 bits per heavy atom. The predicted octanol–water partition coefficient (Wildman–Crippen LogP) is 5.50. The number of thiophene rings is 1. The monoisotopic (exact) mass is 462 g/mol. The predicted molar refractivity (Wildman–Crippen MR) is 129 cm³/mol.